The Kier molecular flexibility index (Phi) is 5.51. The molecule has 0 amide bonds. The predicted molar refractivity (Wildman–Crippen MR) is 99.8 cm³/mol. The summed E-state index contributed by atoms with van der Waals surface area (Å²) in [5.41, 5.74) is 3.74. The van der Waals surface area contributed by atoms with Crippen LogP contribution in [-0.4, -0.2) is 27.5 Å². The number of fused-ring (bicyclic) bond motifs is 1. The molecule has 0 saturated heterocycles. The van der Waals surface area contributed by atoms with E-state index < -0.39 is 0 Å². The summed E-state index contributed by atoms with van der Waals surface area (Å²) in [7, 11) is 0. The van der Waals surface area contributed by atoms with E-state index in [1.807, 2.05) is 6.20 Å². The molecule has 3 heteroatoms. The molecule has 1 N–H and O–H groups in total. The number of imidazole rings is 1. The lowest BCUT2D eigenvalue weighted by molar-refractivity contribution is 0.305. The first kappa shape index (κ1) is 17.6. The molecule has 1 aromatic heterocycles. The highest BCUT2D eigenvalue weighted by molar-refractivity contribution is 5.76. The Morgan fingerprint density at radius 3 is 2.61 bits per heavy atom. The lowest BCUT2D eigenvalue weighted by Crippen LogP contribution is -2.26. The number of aromatic amines is 1. The van der Waals surface area contributed by atoms with Crippen molar-refractivity contribution in [3.8, 4) is 0 Å². The summed E-state index contributed by atoms with van der Waals surface area (Å²) in [5.74, 6) is 1.10. The van der Waals surface area contributed by atoms with Crippen LogP contribution in [0.15, 0.2) is 31.0 Å². The van der Waals surface area contributed by atoms with Crippen molar-refractivity contribution in [2.24, 2.45) is 0 Å². The van der Waals surface area contributed by atoms with E-state index in [-0.39, 0.29) is 5.41 Å². The van der Waals surface area contributed by atoms with Crippen LogP contribution in [0.5, 0.6) is 0 Å². The minimum Gasteiger partial charge on any atom is -0.376 e. The zero-order chi connectivity index (χ0) is 17.0. The van der Waals surface area contributed by atoms with Crippen molar-refractivity contribution >= 4 is 11.0 Å². The first-order chi connectivity index (χ1) is 10.8. The fourth-order valence-electron chi connectivity index (χ4n) is 2.79. The summed E-state index contributed by atoms with van der Waals surface area (Å²) in [5, 5.41) is 0. The second-order valence-corrected chi connectivity index (χ2v) is 7.64. The summed E-state index contributed by atoms with van der Waals surface area (Å²) < 4.78 is 0. The predicted octanol–water partition coefficient (Wildman–Crippen LogP) is 5.04. The van der Waals surface area contributed by atoms with E-state index in [1.54, 1.807) is 0 Å². The summed E-state index contributed by atoms with van der Waals surface area (Å²) in [6, 6.07) is 7.09. The SMILES string of the molecule is C=CN(CCCCc1nc2ccc(C(C)(C)C)cc2[nH]1)C(C)C. The number of unbranched alkanes of at least 4 members (excludes halogenated alkanes) is 1. The van der Waals surface area contributed by atoms with E-state index in [0.717, 1.165) is 42.7 Å². The number of nitrogens with one attached hydrogen (secondary N) is 1. The number of hydrogen-bond donors (Lipinski definition) is 1. The van der Waals surface area contributed by atoms with Crippen molar-refractivity contribution in [1.82, 2.24) is 14.9 Å². The van der Waals surface area contributed by atoms with E-state index in [0.29, 0.717) is 6.04 Å². The van der Waals surface area contributed by atoms with E-state index in [2.05, 4.69) is 69.3 Å². The van der Waals surface area contributed by atoms with Gasteiger partial charge in [0, 0.05) is 19.0 Å². The fourth-order valence-corrected chi connectivity index (χ4v) is 2.79. The molecule has 2 aromatic rings. The van der Waals surface area contributed by atoms with Gasteiger partial charge in [0.2, 0.25) is 0 Å². The molecule has 0 saturated carbocycles. The number of rotatable bonds is 7. The van der Waals surface area contributed by atoms with Crippen molar-refractivity contribution in [2.75, 3.05) is 6.54 Å². The monoisotopic (exact) mass is 313 g/mol. The minimum absolute atomic E-state index is 0.171. The minimum atomic E-state index is 0.171. The maximum absolute atomic E-state index is 4.72. The van der Waals surface area contributed by atoms with Gasteiger partial charge >= 0.3 is 0 Å². The van der Waals surface area contributed by atoms with Crippen molar-refractivity contribution in [3.63, 3.8) is 0 Å². The number of aryl methyl sites for hydroxylation is 1. The van der Waals surface area contributed by atoms with E-state index in [9.17, 15) is 0 Å². The average Bonchev–Trinajstić information content (AvgIpc) is 2.87. The molecule has 0 aliphatic rings. The van der Waals surface area contributed by atoms with Gasteiger partial charge in [-0.1, -0.05) is 33.4 Å². The number of aromatic nitrogens is 2. The summed E-state index contributed by atoms with van der Waals surface area (Å²) in [6.07, 6.45) is 5.25. The molecule has 0 aliphatic heterocycles. The van der Waals surface area contributed by atoms with Gasteiger partial charge in [-0.15, -0.1) is 0 Å². The van der Waals surface area contributed by atoms with Gasteiger partial charge < -0.3 is 9.88 Å². The second-order valence-electron chi connectivity index (χ2n) is 7.64. The molecule has 1 aromatic carbocycles. The van der Waals surface area contributed by atoms with Gasteiger partial charge in [-0.25, -0.2) is 4.98 Å². The lowest BCUT2D eigenvalue weighted by atomic mass is 9.87. The topological polar surface area (TPSA) is 31.9 Å². The van der Waals surface area contributed by atoms with Crippen LogP contribution in [0.25, 0.3) is 11.0 Å². The summed E-state index contributed by atoms with van der Waals surface area (Å²) >= 11 is 0. The van der Waals surface area contributed by atoms with Crippen molar-refractivity contribution in [1.29, 1.82) is 0 Å². The van der Waals surface area contributed by atoms with Gasteiger partial charge in [0.15, 0.2) is 0 Å². The Bertz CT molecular complexity index is 646. The Morgan fingerprint density at radius 2 is 2.00 bits per heavy atom. The number of nitrogens with zero attached hydrogens (tertiary/aromatic N) is 2. The van der Waals surface area contributed by atoms with E-state index in [4.69, 9.17) is 4.98 Å². The molecule has 0 aliphatic carbocycles. The number of benzene rings is 1. The number of hydrogen-bond acceptors (Lipinski definition) is 2. The standard InChI is InChI=1S/C20H31N3/c1-7-23(15(2)3)13-9-8-10-19-21-17-12-11-16(20(4,5)6)14-18(17)22-19/h7,11-12,14-15H,1,8-10,13H2,2-6H3,(H,21,22). The molecule has 2 rings (SSSR count). The molecule has 0 unspecified atom stereocenters. The van der Waals surface area contributed by atoms with Crippen molar-refractivity contribution in [3.05, 3.63) is 42.4 Å². The van der Waals surface area contributed by atoms with Crippen molar-refractivity contribution in [2.45, 2.75) is 65.3 Å². The largest absolute Gasteiger partial charge is 0.376 e. The molecule has 0 atom stereocenters. The van der Waals surface area contributed by atoms with Gasteiger partial charge in [-0.3, -0.25) is 0 Å². The van der Waals surface area contributed by atoms with Crippen LogP contribution in [0.2, 0.25) is 0 Å². The molecule has 126 valence electrons. The van der Waals surface area contributed by atoms with E-state index >= 15 is 0 Å². The smallest absolute Gasteiger partial charge is 0.107 e. The fraction of sp³-hybridized carbons (Fsp3) is 0.550. The Labute approximate surface area is 140 Å². The Balaban J connectivity index is 1.95. The van der Waals surface area contributed by atoms with Gasteiger partial charge in [-0.05, 0) is 56.0 Å². The van der Waals surface area contributed by atoms with Crippen LogP contribution in [0.3, 0.4) is 0 Å². The molecule has 0 bridgehead atoms. The molecule has 3 nitrogen and oxygen atoms in total. The quantitative estimate of drug-likeness (QED) is 0.726. The van der Waals surface area contributed by atoms with Crippen LogP contribution < -0.4 is 0 Å². The molecule has 23 heavy (non-hydrogen) atoms. The van der Waals surface area contributed by atoms with Crippen LogP contribution in [-0.2, 0) is 11.8 Å². The van der Waals surface area contributed by atoms with Crippen LogP contribution >= 0.6 is 0 Å². The summed E-state index contributed by atoms with van der Waals surface area (Å²) in [6.45, 7) is 16.1. The van der Waals surface area contributed by atoms with E-state index in [1.165, 1.54) is 5.56 Å². The average molecular weight is 313 g/mol. The van der Waals surface area contributed by atoms with Crippen LogP contribution in [0.4, 0.5) is 0 Å². The molecule has 0 spiro atoms. The van der Waals surface area contributed by atoms with Gasteiger partial charge in [0.25, 0.3) is 0 Å². The maximum Gasteiger partial charge on any atom is 0.107 e. The first-order valence-electron chi connectivity index (χ1n) is 8.68. The maximum atomic E-state index is 4.72. The highest BCUT2D eigenvalue weighted by atomic mass is 15.1. The third-order valence-electron chi connectivity index (χ3n) is 4.37. The highest BCUT2D eigenvalue weighted by Crippen LogP contribution is 2.25. The molecular weight excluding hydrogens is 282 g/mol. The Morgan fingerprint density at radius 1 is 1.26 bits per heavy atom. The zero-order valence-corrected chi connectivity index (χ0v) is 15.3. The zero-order valence-electron chi connectivity index (χ0n) is 15.3. The third kappa shape index (κ3) is 4.60. The Hall–Kier alpha value is -1.77. The highest BCUT2D eigenvalue weighted by Gasteiger charge is 2.14. The third-order valence-corrected chi connectivity index (χ3v) is 4.37. The van der Waals surface area contributed by atoms with Crippen molar-refractivity contribution < 1.29 is 0 Å². The normalized spacial score (nSPS) is 12.1. The van der Waals surface area contributed by atoms with Crippen LogP contribution in [0, 0.1) is 0 Å². The van der Waals surface area contributed by atoms with Crippen LogP contribution in [0.1, 0.15) is 58.8 Å². The summed E-state index contributed by atoms with van der Waals surface area (Å²) in [4.78, 5) is 10.5. The lowest BCUT2D eigenvalue weighted by Gasteiger charge is -2.24. The van der Waals surface area contributed by atoms with Gasteiger partial charge in [0.1, 0.15) is 5.82 Å². The molecule has 0 fully saturated rings. The number of H-pyrrole nitrogens is 1. The molecule has 0 radical (unpaired) electrons. The molecular formula is C20H31N3. The van der Waals surface area contributed by atoms with Gasteiger partial charge in [0.05, 0.1) is 11.0 Å². The van der Waals surface area contributed by atoms with Gasteiger partial charge in [-0.2, -0.15) is 0 Å². The second kappa shape index (κ2) is 7.20. The molecule has 1 heterocycles. The first-order valence-corrected chi connectivity index (χ1v) is 8.68.